The third kappa shape index (κ3) is 4.15. The van der Waals surface area contributed by atoms with E-state index in [1.807, 2.05) is 36.2 Å². The Kier molecular flexibility index (Phi) is 5.76. The number of carbonyl (C=O) groups is 1. The number of hydrogen-bond donors (Lipinski definition) is 0. The molecule has 138 valence electrons. The predicted molar refractivity (Wildman–Crippen MR) is 105 cm³/mol. The van der Waals surface area contributed by atoms with Gasteiger partial charge in [0.25, 0.3) is 5.91 Å². The molecule has 0 unspecified atom stereocenters. The zero-order chi connectivity index (χ0) is 18.5. The van der Waals surface area contributed by atoms with Crippen LogP contribution in [0.15, 0.2) is 48.5 Å². The number of anilines is 2. The molecule has 0 aromatic heterocycles. The third-order valence-electron chi connectivity index (χ3n) is 5.00. The lowest BCUT2D eigenvalue weighted by Crippen LogP contribution is -2.35. The van der Waals surface area contributed by atoms with E-state index in [1.54, 1.807) is 12.1 Å². The first-order chi connectivity index (χ1) is 12.6. The molecule has 1 fully saturated rings. The van der Waals surface area contributed by atoms with Crippen LogP contribution in [-0.4, -0.2) is 50.6 Å². The number of carbonyl (C=O) groups excluding carboxylic acids is 1. The maximum atomic E-state index is 13.1. The molecular weight excluding hydrogens is 329 g/mol. The van der Waals surface area contributed by atoms with Gasteiger partial charge in [0.2, 0.25) is 0 Å². The van der Waals surface area contributed by atoms with Crippen molar-refractivity contribution >= 4 is 17.3 Å². The second-order valence-electron chi connectivity index (χ2n) is 6.67. The summed E-state index contributed by atoms with van der Waals surface area (Å²) >= 11 is 0. The predicted octanol–water partition coefficient (Wildman–Crippen LogP) is 3.63. The van der Waals surface area contributed by atoms with E-state index in [4.69, 9.17) is 0 Å². The molecule has 1 amide bonds. The van der Waals surface area contributed by atoms with Crippen LogP contribution in [0.1, 0.15) is 23.7 Å². The summed E-state index contributed by atoms with van der Waals surface area (Å²) in [5.74, 6) is -0.144. The van der Waals surface area contributed by atoms with E-state index in [-0.39, 0.29) is 11.7 Å². The zero-order valence-corrected chi connectivity index (χ0v) is 15.5. The molecule has 1 aliphatic heterocycles. The highest BCUT2D eigenvalue weighted by Crippen LogP contribution is 2.19. The molecule has 0 bridgehead atoms. The fourth-order valence-electron chi connectivity index (χ4n) is 3.25. The van der Waals surface area contributed by atoms with E-state index in [0.717, 1.165) is 49.5 Å². The quantitative estimate of drug-likeness (QED) is 0.838. The van der Waals surface area contributed by atoms with Gasteiger partial charge in [-0.15, -0.1) is 0 Å². The lowest BCUT2D eigenvalue weighted by Gasteiger charge is -2.24. The second kappa shape index (κ2) is 8.21. The molecule has 0 N–H and O–H groups in total. The Morgan fingerprint density at radius 3 is 2.35 bits per heavy atom. The fourth-order valence-corrected chi connectivity index (χ4v) is 3.25. The van der Waals surface area contributed by atoms with Crippen molar-refractivity contribution in [1.29, 1.82) is 0 Å². The third-order valence-corrected chi connectivity index (χ3v) is 5.00. The van der Waals surface area contributed by atoms with Gasteiger partial charge in [-0.05, 0) is 61.9 Å². The van der Waals surface area contributed by atoms with E-state index in [1.165, 1.54) is 12.1 Å². The average molecular weight is 355 g/mol. The normalized spacial score (nSPS) is 14.9. The lowest BCUT2D eigenvalue weighted by molar-refractivity contribution is 0.0767. The first kappa shape index (κ1) is 18.2. The molecule has 1 saturated heterocycles. The van der Waals surface area contributed by atoms with Gasteiger partial charge < -0.3 is 14.7 Å². The highest BCUT2D eigenvalue weighted by atomic mass is 19.1. The fraction of sp³-hybridized carbons (Fsp3) is 0.381. The summed E-state index contributed by atoms with van der Waals surface area (Å²) in [6.45, 7) is 6.07. The molecule has 0 radical (unpaired) electrons. The van der Waals surface area contributed by atoms with Crippen LogP contribution in [0.25, 0.3) is 0 Å². The Morgan fingerprint density at radius 1 is 1.00 bits per heavy atom. The minimum Gasteiger partial charge on any atom is -0.375 e. The number of amides is 1. The van der Waals surface area contributed by atoms with Crippen LogP contribution in [-0.2, 0) is 0 Å². The van der Waals surface area contributed by atoms with Crippen LogP contribution in [0.2, 0.25) is 0 Å². The van der Waals surface area contributed by atoms with E-state index in [0.29, 0.717) is 6.54 Å². The van der Waals surface area contributed by atoms with E-state index in [2.05, 4.69) is 16.7 Å². The highest BCUT2D eigenvalue weighted by molar-refractivity contribution is 5.94. The summed E-state index contributed by atoms with van der Waals surface area (Å²) in [7, 11) is 2.04. The first-order valence-electron chi connectivity index (χ1n) is 9.19. The maximum absolute atomic E-state index is 13.1. The van der Waals surface area contributed by atoms with Gasteiger partial charge in [-0.3, -0.25) is 4.79 Å². The van der Waals surface area contributed by atoms with Crippen LogP contribution < -0.4 is 9.80 Å². The second-order valence-corrected chi connectivity index (χ2v) is 6.67. The van der Waals surface area contributed by atoms with Crippen molar-refractivity contribution in [2.45, 2.75) is 13.3 Å². The van der Waals surface area contributed by atoms with Gasteiger partial charge in [0.1, 0.15) is 5.82 Å². The summed E-state index contributed by atoms with van der Waals surface area (Å²) < 4.78 is 13.1. The van der Waals surface area contributed by atoms with E-state index in [9.17, 15) is 9.18 Å². The average Bonchev–Trinajstić information content (AvgIpc) is 2.94. The van der Waals surface area contributed by atoms with Gasteiger partial charge in [0.15, 0.2) is 0 Å². The summed E-state index contributed by atoms with van der Waals surface area (Å²) in [4.78, 5) is 19.1. The van der Waals surface area contributed by atoms with Crippen LogP contribution in [0, 0.1) is 5.82 Å². The summed E-state index contributed by atoms with van der Waals surface area (Å²) in [5, 5.41) is 0. The van der Waals surface area contributed by atoms with Crippen molar-refractivity contribution < 1.29 is 9.18 Å². The maximum Gasteiger partial charge on any atom is 0.253 e. The van der Waals surface area contributed by atoms with Crippen LogP contribution >= 0.6 is 0 Å². The number of benzene rings is 2. The molecule has 0 saturated carbocycles. The summed E-state index contributed by atoms with van der Waals surface area (Å²) in [5.41, 5.74) is 2.85. The summed E-state index contributed by atoms with van der Waals surface area (Å²) in [6, 6.07) is 14.4. The lowest BCUT2D eigenvalue weighted by atomic mass is 10.1. The van der Waals surface area contributed by atoms with Crippen molar-refractivity contribution in [3.63, 3.8) is 0 Å². The van der Waals surface area contributed by atoms with Crippen molar-refractivity contribution in [3.05, 3.63) is 59.9 Å². The highest BCUT2D eigenvalue weighted by Gasteiger charge is 2.20. The van der Waals surface area contributed by atoms with Gasteiger partial charge in [0, 0.05) is 56.7 Å². The standard InChI is InChI=1S/C21H26FN3O/c1-3-23(2)19-9-5-17(6-10-19)21(26)25-14-4-13-24(15-16-25)20-11-7-18(22)8-12-20/h5-12H,3-4,13-16H2,1-2H3. The Balaban J connectivity index is 1.64. The number of rotatable bonds is 4. The van der Waals surface area contributed by atoms with Gasteiger partial charge in [-0.1, -0.05) is 0 Å². The topological polar surface area (TPSA) is 26.8 Å². The van der Waals surface area contributed by atoms with E-state index < -0.39 is 0 Å². The summed E-state index contributed by atoms with van der Waals surface area (Å²) in [6.07, 6.45) is 0.903. The molecule has 26 heavy (non-hydrogen) atoms. The van der Waals surface area contributed by atoms with Crippen LogP contribution in [0.5, 0.6) is 0 Å². The molecule has 0 atom stereocenters. The Labute approximate surface area is 154 Å². The molecule has 4 nitrogen and oxygen atoms in total. The molecule has 1 heterocycles. The minimum absolute atomic E-state index is 0.0802. The number of nitrogens with zero attached hydrogens (tertiary/aromatic N) is 3. The molecule has 2 aromatic carbocycles. The first-order valence-corrected chi connectivity index (χ1v) is 9.19. The van der Waals surface area contributed by atoms with Crippen LogP contribution in [0.3, 0.4) is 0 Å². The minimum atomic E-state index is -0.224. The van der Waals surface area contributed by atoms with Gasteiger partial charge in [0.05, 0.1) is 0 Å². The monoisotopic (exact) mass is 355 g/mol. The van der Waals surface area contributed by atoms with Crippen molar-refractivity contribution in [3.8, 4) is 0 Å². The molecule has 0 spiro atoms. The smallest absolute Gasteiger partial charge is 0.253 e. The number of hydrogen-bond acceptors (Lipinski definition) is 3. The van der Waals surface area contributed by atoms with Gasteiger partial charge in [-0.2, -0.15) is 0 Å². The Bertz CT molecular complexity index is 730. The molecule has 0 aliphatic carbocycles. The molecule has 2 aromatic rings. The molecule has 5 heteroatoms. The SMILES string of the molecule is CCN(C)c1ccc(C(=O)N2CCCN(c3ccc(F)cc3)CC2)cc1. The molecule has 3 rings (SSSR count). The zero-order valence-electron chi connectivity index (χ0n) is 15.5. The number of halogens is 1. The van der Waals surface area contributed by atoms with Crippen molar-refractivity contribution in [2.24, 2.45) is 0 Å². The van der Waals surface area contributed by atoms with Crippen molar-refractivity contribution in [2.75, 3.05) is 49.6 Å². The van der Waals surface area contributed by atoms with Crippen molar-refractivity contribution in [1.82, 2.24) is 4.90 Å². The molecule has 1 aliphatic rings. The molecular formula is C21H26FN3O. The van der Waals surface area contributed by atoms with Gasteiger partial charge in [-0.25, -0.2) is 4.39 Å². The van der Waals surface area contributed by atoms with E-state index >= 15 is 0 Å². The Hall–Kier alpha value is -2.56. The van der Waals surface area contributed by atoms with Gasteiger partial charge >= 0.3 is 0 Å². The largest absolute Gasteiger partial charge is 0.375 e. The van der Waals surface area contributed by atoms with Crippen LogP contribution in [0.4, 0.5) is 15.8 Å². The Morgan fingerprint density at radius 2 is 1.69 bits per heavy atom.